The quantitative estimate of drug-likeness (QED) is 0.230. The number of nitriles is 1. The van der Waals surface area contributed by atoms with E-state index in [9.17, 15) is 10.4 Å². The fourth-order valence-corrected chi connectivity index (χ4v) is 4.85. The maximum absolute atomic E-state index is 11.6. The molecule has 2 unspecified atom stereocenters. The van der Waals surface area contributed by atoms with Gasteiger partial charge in [0.15, 0.2) is 0 Å². The first-order valence-electron chi connectivity index (χ1n) is 14.7. The lowest BCUT2D eigenvalue weighted by atomic mass is 9.71. The second-order valence-corrected chi connectivity index (χ2v) is 11.2. The predicted molar refractivity (Wildman–Crippen MR) is 173 cm³/mol. The zero-order valence-electron chi connectivity index (χ0n) is 26.0. The summed E-state index contributed by atoms with van der Waals surface area (Å²) < 4.78 is 0. The fourth-order valence-electron chi connectivity index (χ4n) is 4.85. The molecule has 1 aromatic rings. The summed E-state index contributed by atoms with van der Waals surface area (Å²) in [5.41, 5.74) is 3.19. The van der Waals surface area contributed by atoms with Gasteiger partial charge in [0.25, 0.3) is 0 Å². The van der Waals surface area contributed by atoms with E-state index in [2.05, 4.69) is 91.6 Å². The first-order chi connectivity index (χ1) is 18.5. The van der Waals surface area contributed by atoms with E-state index in [0.717, 1.165) is 61.7 Å². The zero-order valence-corrected chi connectivity index (χ0v) is 26.0. The molecule has 0 amide bonds. The zero-order chi connectivity index (χ0) is 29.9. The molecule has 39 heavy (non-hydrogen) atoms. The van der Waals surface area contributed by atoms with Gasteiger partial charge in [-0.3, -0.25) is 0 Å². The van der Waals surface area contributed by atoms with Gasteiger partial charge in [-0.25, -0.2) is 0 Å². The molecule has 0 aliphatic carbocycles. The Balaban J connectivity index is 0.000000763. The Hall–Kier alpha value is -2.89. The molecule has 0 spiro atoms. The average molecular weight is 530 g/mol. The van der Waals surface area contributed by atoms with Gasteiger partial charge in [0.1, 0.15) is 5.60 Å². The largest absolute Gasteiger partial charge is 0.380 e. The molecule has 2 atom stereocenters. The van der Waals surface area contributed by atoms with Crippen LogP contribution in [0.2, 0.25) is 0 Å². The first-order valence-corrected chi connectivity index (χ1v) is 14.7. The van der Waals surface area contributed by atoms with Crippen molar-refractivity contribution in [2.75, 3.05) is 0 Å². The van der Waals surface area contributed by atoms with Gasteiger partial charge >= 0.3 is 0 Å². The number of allylic oxidation sites excluding steroid dienone is 5. The van der Waals surface area contributed by atoms with E-state index in [1.54, 1.807) is 18.2 Å². The number of benzene rings is 1. The number of rotatable bonds is 15. The van der Waals surface area contributed by atoms with E-state index in [4.69, 9.17) is 0 Å². The topological polar surface area (TPSA) is 44.0 Å². The molecular weight excluding hydrogens is 474 g/mol. The van der Waals surface area contributed by atoms with Crippen LogP contribution in [-0.4, -0.2) is 10.7 Å². The Morgan fingerprint density at radius 1 is 0.897 bits per heavy atom. The van der Waals surface area contributed by atoms with Crippen LogP contribution in [0.15, 0.2) is 97.7 Å². The van der Waals surface area contributed by atoms with Crippen LogP contribution >= 0.6 is 0 Å². The van der Waals surface area contributed by atoms with E-state index < -0.39 is 5.60 Å². The van der Waals surface area contributed by atoms with Crippen LogP contribution < -0.4 is 0 Å². The summed E-state index contributed by atoms with van der Waals surface area (Å²) in [6.07, 6.45) is 20.1. The van der Waals surface area contributed by atoms with E-state index in [-0.39, 0.29) is 17.3 Å². The molecule has 0 bridgehead atoms. The maximum atomic E-state index is 11.6. The molecule has 1 aromatic carbocycles. The van der Waals surface area contributed by atoms with Crippen molar-refractivity contribution in [1.82, 2.24) is 0 Å². The summed E-state index contributed by atoms with van der Waals surface area (Å²) >= 11 is 0. The van der Waals surface area contributed by atoms with Gasteiger partial charge in [-0.15, -0.1) is 0 Å². The minimum atomic E-state index is -1.08. The van der Waals surface area contributed by atoms with Gasteiger partial charge in [-0.1, -0.05) is 154 Å². The van der Waals surface area contributed by atoms with Crippen molar-refractivity contribution in [3.8, 4) is 6.07 Å². The van der Waals surface area contributed by atoms with Crippen molar-refractivity contribution in [3.05, 3.63) is 109 Å². The molecular formula is C37H55NO. The molecule has 1 rings (SSSR count). The van der Waals surface area contributed by atoms with Gasteiger partial charge in [0.05, 0.1) is 12.0 Å². The highest BCUT2D eigenvalue weighted by atomic mass is 16.3. The summed E-state index contributed by atoms with van der Waals surface area (Å²) in [7, 11) is 0. The molecule has 0 aliphatic heterocycles. The van der Waals surface area contributed by atoms with Gasteiger partial charge < -0.3 is 5.11 Å². The molecule has 2 heteroatoms. The van der Waals surface area contributed by atoms with E-state index >= 15 is 0 Å². The smallest absolute Gasteiger partial charge is 0.117 e. The lowest BCUT2D eigenvalue weighted by molar-refractivity contribution is 0.0484. The highest BCUT2D eigenvalue weighted by Crippen LogP contribution is 2.40. The molecule has 0 heterocycles. The molecule has 0 aromatic heterocycles. The summed E-state index contributed by atoms with van der Waals surface area (Å²) in [6, 6.07) is 11.0. The van der Waals surface area contributed by atoms with Crippen LogP contribution in [0.4, 0.5) is 0 Å². The minimum absolute atomic E-state index is 0.0592. The van der Waals surface area contributed by atoms with Crippen LogP contribution in [0, 0.1) is 17.2 Å². The summed E-state index contributed by atoms with van der Waals surface area (Å²) in [5.74, 6) is 0.185. The number of aliphatic hydroxyl groups is 1. The Labute approximate surface area is 241 Å². The highest BCUT2D eigenvalue weighted by Gasteiger charge is 2.40. The second kappa shape index (κ2) is 19.2. The van der Waals surface area contributed by atoms with Crippen LogP contribution in [0.1, 0.15) is 110 Å². The normalized spacial score (nSPS) is 14.7. The highest BCUT2D eigenvalue weighted by molar-refractivity contribution is 5.46. The van der Waals surface area contributed by atoms with Crippen molar-refractivity contribution >= 4 is 0 Å². The number of nitrogens with zero attached hydrogens (tertiary/aromatic N) is 1. The van der Waals surface area contributed by atoms with Crippen LogP contribution in [0.25, 0.3) is 0 Å². The Morgan fingerprint density at radius 2 is 1.44 bits per heavy atom. The summed E-state index contributed by atoms with van der Waals surface area (Å²) in [6.45, 7) is 26.6. The molecule has 0 aliphatic rings. The van der Waals surface area contributed by atoms with Gasteiger partial charge in [0.2, 0.25) is 0 Å². The van der Waals surface area contributed by atoms with Crippen LogP contribution in [0.3, 0.4) is 0 Å². The molecule has 214 valence electrons. The SMILES string of the molecule is C=C/C=C(\C=C)C(O)(/C(C=C)=C/C=C\C)C(CCC)CCC.CCCCC(C#N)c1ccc(C(C)(C)C)cc1. The van der Waals surface area contributed by atoms with E-state index in [1.807, 2.05) is 31.2 Å². The van der Waals surface area contributed by atoms with Crippen LogP contribution in [0.5, 0.6) is 0 Å². The molecule has 0 fully saturated rings. The van der Waals surface area contributed by atoms with E-state index in [0.29, 0.717) is 0 Å². The van der Waals surface area contributed by atoms with Crippen molar-refractivity contribution in [3.63, 3.8) is 0 Å². The molecule has 0 saturated carbocycles. The average Bonchev–Trinajstić information content (AvgIpc) is 2.92. The van der Waals surface area contributed by atoms with Crippen molar-refractivity contribution in [2.24, 2.45) is 5.92 Å². The minimum Gasteiger partial charge on any atom is -0.380 e. The third-order valence-corrected chi connectivity index (χ3v) is 7.13. The lowest BCUT2D eigenvalue weighted by Gasteiger charge is -2.39. The Kier molecular flexibility index (Phi) is 17.8. The van der Waals surface area contributed by atoms with Crippen molar-refractivity contribution in [2.45, 2.75) is 110 Å². The maximum Gasteiger partial charge on any atom is 0.117 e. The third-order valence-electron chi connectivity index (χ3n) is 7.13. The fraction of sp³-hybridized carbons (Fsp3) is 0.486. The Bertz CT molecular complexity index is 987. The Morgan fingerprint density at radius 3 is 1.82 bits per heavy atom. The number of unbranched alkanes of at least 4 members (excludes halogenated alkanes) is 1. The summed E-state index contributed by atoms with van der Waals surface area (Å²) in [5, 5.41) is 20.8. The lowest BCUT2D eigenvalue weighted by Crippen LogP contribution is -2.41. The number of hydrogen-bond donors (Lipinski definition) is 1. The standard InChI is InChI=1S/C21H32O.C16H23N/c1-7-13-17-19(12-6)21(22,18(11-5)14-8-2)20(15-9-3)16-10-4;1-5-6-7-14(12-17)13-8-10-15(11-9-13)16(2,3)4/h7-8,11-14,17,20,22H,2,5-6,9-10,15-16H2,1,3-4H3;8-11,14H,5-7H2,1-4H3/b13-7-,18-14+,19-17+;. The van der Waals surface area contributed by atoms with Gasteiger partial charge in [0, 0.05) is 0 Å². The third kappa shape index (κ3) is 11.4. The molecule has 2 nitrogen and oxygen atoms in total. The van der Waals surface area contributed by atoms with Crippen LogP contribution in [-0.2, 0) is 5.41 Å². The van der Waals surface area contributed by atoms with Gasteiger partial charge in [-0.05, 0) is 59.8 Å². The predicted octanol–water partition coefficient (Wildman–Crippen LogP) is 10.7. The van der Waals surface area contributed by atoms with Crippen molar-refractivity contribution < 1.29 is 5.11 Å². The second-order valence-electron chi connectivity index (χ2n) is 11.2. The van der Waals surface area contributed by atoms with Gasteiger partial charge in [-0.2, -0.15) is 5.26 Å². The number of hydrogen-bond acceptors (Lipinski definition) is 2. The molecule has 1 N–H and O–H groups in total. The first kappa shape index (κ1) is 36.1. The monoisotopic (exact) mass is 529 g/mol. The van der Waals surface area contributed by atoms with Crippen molar-refractivity contribution in [1.29, 1.82) is 5.26 Å². The molecule has 0 saturated heterocycles. The molecule has 0 radical (unpaired) electrons. The summed E-state index contributed by atoms with van der Waals surface area (Å²) in [4.78, 5) is 0. The van der Waals surface area contributed by atoms with E-state index in [1.165, 1.54) is 5.56 Å².